The molecule has 0 unspecified atom stereocenters. The second kappa shape index (κ2) is 5.40. The van der Waals surface area contributed by atoms with Crippen molar-refractivity contribution in [3.63, 3.8) is 0 Å². The smallest absolute Gasteiger partial charge is 0.127 e. The Hall–Kier alpha value is -0.250. The largest absolute Gasteiger partial charge is 0.493 e. The van der Waals surface area contributed by atoms with E-state index in [1.165, 1.54) is 24.0 Å². The van der Waals surface area contributed by atoms with E-state index in [2.05, 4.69) is 26.9 Å². The van der Waals surface area contributed by atoms with Crippen LogP contribution < -0.4 is 4.74 Å². The van der Waals surface area contributed by atoms with Gasteiger partial charge >= 0.3 is 0 Å². The van der Waals surface area contributed by atoms with E-state index in [9.17, 15) is 0 Å². The molecule has 2 heterocycles. The molecule has 0 saturated carbocycles. The number of ether oxygens (including phenoxy) is 1. The number of rotatable bonds is 2. The number of nitrogens with zero attached hydrogens (tertiary/aromatic N) is 1. The predicted molar refractivity (Wildman–Crippen MR) is 77.9 cm³/mol. The molecule has 0 aromatic heterocycles. The highest BCUT2D eigenvalue weighted by atomic mass is 79.9. The summed E-state index contributed by atoms with van der Waals surface area (Å²) in [7, 11) is 0. The van der Waals surface area contributed by atoms with Gasteiger partial charge in [-0.2, -0.15) is 0 Å². The summed E-state index contributed by atoms with van der Waals surface area (Å²) in [6, 6.07) is 4.10. The number of likely N-dealkylation sites (tertiary alicyclic amines) is 1. The minimum absolute atomic E-state index is 0.690. The van der Waals surface area contributed by atoms with Gasteiger partial charge in [0.25, 0.3) is 0 Å². The van der Waals surface area contributed by atoms with Crippen LogP contribution in [0.5, 0.6) is 5.75 Å². The number of piperidine rings is 1. The second-order valence-electron chi connectivity index (χ2n) is 5.10. The Labute approximate surface area is 121 Å². The fraction of sp³-hybridized carbons (Fsp3) is 0.571. The molecule has 18 heavy (non-hydrogen) atoms. The predicted octanol–water partition coefficient (Wildman–Crippen LogP) is 3.63. The molecule has 2 aliphatic heterocycles. The van der Waals surface area contributed by atoms with Gasteiger partial charge in [0.2, 0.25) is 0 Å². The first-order valence-electron chi connectivity index (χ1n) is 6.53. The van der Waals surface area contributed by atoms with Crippen LogP contribution in [-0.2, 0) is 13.0 Å². The number of alkyl halides is 1. The standard InChI is InChI=1S/C14H17BrClNO/c15-12-1-4-17(5-2-12)9-11-8-13(16)7-10-3-6-18-14(10)11/h7-8,12H,1-6,9H2. The maximum absolute atomic E-state index is 6.19. The minimum atomic E-state index is 0.690. The topological polar surface area (TPSA) is 12.5 Å². The molecular formula is C14H17BrClNO. The van der Waals surface area contributed by atoms with Gasteiger partial charge in [-0.1, -0.05) is 27.5 Å². The van der Waals surface area contributed by atoms with E-state index in [4.69, 9.17) is 16.3 Å². The van der Waals surface area contributed by atoms with Crippen molar-refractivity contribution >= 4 is 27.5 Å². The average Bonchev–Trinajstić information content (AvgIpc) is 2.80. The highest BCUT2D eigenvalue weighted by Crippen LogP contribution is 2.34. The lowest BCUT2D eigenvalue weighted by molar-refractivity contribution is 0.222. The molecule has 1 fully saturated rings. The lowest BCUT2D eigenvalue weighted by Crippen LogP contribution is -2.33. The summed E-state index contributed by atoms with van der Waals surface area (Å²) in [5.74, 6) is 1.08. The third-order valence-electron chi connectivity index (χ3n) is 3.74. The van der Waals surface area contributed by atoms with Crippen LogP contribution in [0.2, 0.25) is 5.02 Å². The van der Waals surface area contributed by atoms with Crippen LogP contribution in [0.25, 0.3) is 0 Å². The molecule has 98 valence electrons. The van der Waals surface area contributed by atoms with E-state index >= 15 is 0 Å². The Morgan fingerprint density at radius 1 is 1.33 bits per heavy atom. The number of halogens is 2. The maximum Gasteiger partial charge on any atom is 0.127 e. The Balaban J connectivity index is 1.76. The lowest BCUT2D eigenvalue weighted by atomic mass is 10.1. The first-order chi connectivity index (χ1) is 8.72. The normalized spacial score (nSPS) is 20.8. The van der Waals surface area contributed by atoms with E-state index < -0.39 is 0 Å². The van der Waals surface area contributed by atoms with Gasteiger partial charge in [-0.15, -0.1) is 0 Å². The molecule has 2 nitrogen and oxygen atoms in total. The molecule has 4 heteroatoms. The Morgan fingerprint density at radius 2 is 2.11 bits per heavy atom. The summed E-state index contributed by atoms with van der Waals surface area (Å²) in [5, 5.41) is 0.838. The van der Waals surface area contributed by atoms with Gasteiger partial charge in [-0.25, -0.2) is 0 Å². The van der Waals surface area contributed by atoms with E-state index in [0.717, 1.165) is 43.4 Å². The fourth-order valence-electron chi connectivity index (χ4n) is 2.76. The molecule has 1 saturated heterocycles. The molecule has 3 rings (SSSR count). The van der Waals surface area contributed by atoms with Gasteiger partial charge in [0.15, 0.2) is 0 Å². The zero-order chi connectivity index (χ0) is 12.5. The number of fused-ring (bicyclic) bond motifs is 1. The summed E-state index contributed by atoms with van der Waals surface area (Å²) in [6.07, 6.45) is 3.44. The lowest BCUT2D eigenvalue weighted by Gasteiger charge is -2.29. The third-order valence-corrected chi connectivity index (χ3v) is 4.87. The van der Waals surface area contributed by atoms with E-state index in [-0.39, 0.29) is 0 Å². The zero-order valence-electron chi connectivity index (χ0n) is 10.3. The van der Waals surface area contributed by atoms with Crippen LogP contribution in [0, 0.1) is 0 Å². The van der Waals surface area contributed by atoms with Gasteiger partial charge < -0.3 is 4.74 Å². The van der Waals surface area contributed by atoms with Gasteiger partial charge in [-0.3, -0.25) is 4.90 Å². The van der Waals surface area contributed by atoms with Crippen molar-refractivity contribution in [2.75, 3.05) is 19.7 Å². The van der Waals surface area contributed by atoms with Crippen molar-refractivity contribution in [2.24, 2.45) is 0 Å². The van der Waals surface area contributed by atoms with Crippen molar-refractivity contribution in [3.8, 4) is 5.75 Å². The van der Waals surface area contributed by atoms with Crippen LogP contribution in [-0.4, -0.2) is 29.4 Å². The van der Waals surface area contributed by atoms with Crippen molar-refractivity contribution in [1.29, 1.82) is 0 Å². The molecule has 1 aromatic rings. The molecule has 0 atom stereocenters. The van der Waals surface area contributed by atoms with E-state index in [1.54, 1.807) is 0 Å². The first-order valence-corrected chi connectivity index (χ1v) is 7.82. The number of hydrogen-bond donors (Lipinski definition) is 0. The van der Waals surface area contributed by atoms with Crippen LogP contribution in [0.1, 0.15) is 24.0 Å². The van der Waals surface area contributed by atoms with Crippen molar-refractivity contribution in [3.05, 3.63) is 28.3 Å². The summed E-state index contributed by atoms with van der Waals surface area (Å²) >= 11 is 9.88. The molecule has 0 spiro atoms. The van der Waals surface area contributed by atoms with Crippen molar-refractivity contribution in [2.45, 2.75) is 30.6 Å². The monoisotopic (exact) mass is 329 g/mol. The average molecular weight is 331 g/mol. The van der Waals surface area contributed by atoms with Crippen LogP contribution in [0.4, 0.5) is 0 Å². The molecule has 0 bridgehead atoms. The van der Waals surface area contributed by atoms with E-state index in [1.807, 2.05) is 6.07 Å². The van der Waals surface area contributed by atoms with Crippen LogP contribution in [0.15, 0.2) is 12.1 Å². The third kappa shape index (κ3) is 2.68. The fourth-order valence-corrected chi connectivity index (χ4v) is 3.44. The first kappa shape index (κ1) is 12.8. The highest BCUT2D eigenvalue weighted by molar-refractivity contribution is 9.09. The molecule has 1 aromatic carbocycles. The number of benzene rings is 1. The van der Waals surface area contributed by atoms with E-state index in [0.29, 0.717) is 4.83 Å². The quantitative estimate of drug-likeness (QED) is 0.768. The summed E-state index contributed by atoms with van der Waals surface area (Å²) in [4.78, 5) is 3.18. The summed E-state index contributed by atoms with van der Waals surface area (Å²) in [6.45, 7) is 4.06. The Bertz CT molecular complexity index is 444. The molecule has 0 amide bonds. The van der Waals surface area contributed by atoms with Crippen molar-refractivity contribution in [1.82, 2.24) is 4.90 Å². The molecule has 0 aliphatic carbocycles. The minimum Gasteiger partial charge on any atom is -0.493 e. The molecule has 0 N–H and O–H groups in total. The van der Waals surface area contributed by atoms with Gasteiger partial charge in [0.1, 0.15) is 5.75 Å². The highest BCUT2D eigenvalue weighted by Gasteiger charge is 2.21. The van der Waals surface area contributed by atoms with Crippen LogP contribution >= 0.6 is 27.5 Å². The Kier molecular flexibility index (Phi) is 3.83. The maximum atomic E-state index is 6.19. The molecule has 2 aliphatic rings. The molecular weight excluding hydrogens is 314 g/mol. The second-order valence-corrected chi connectivity index (χ2v) is 6.83. The van der Waals surface area contributed by atoms with Gasteiger partial charge in [-0.05, 0) is 43.6 Å². The van der Waals surface area contributed by atoms with Gasteiger partial charge in [0, 0.05) is 28.4 Å². The van der Waals surface area contributed by atoms with Crippen LogP contribution in [0.3, 0.4) is 0 Å². The van der Waals surface area contributed by atoms with Gasteiger partial charge in [0.05, 0.1) is 6.61 Å². The van der Waals surface area contributed by atoms with Crippen molar-refractivity contribution < 1.29 is 4.74 Å². The zero-order valence-corrected chi connectivity index (χ0v) is 12.6. The number of hydrogen-bond acceptors (Lipinski definition) is 2. The SMILES string of the molecule is Clc1cc2c(c(CN3CCC(Br)CC3)c1)OCC2. The summed E-state index contributed by atoms with van der Waals surface area (Å²) < 4.78 is 5.75. The summed E-state index contributed by atoms with van der Waals surface area (Å²) in [5.41, 5.74) is 2.52. The Morgan fingerprint density at radius 3 is 2.89 bits per heavy atom. The molecule has 0 radical (unpaired) electrons.